The molecule has 34 heavy (non-hydrogen) atoms. The van der Waals surface area contributed by atoms with Crippen LogP contribution in [0.1, 0.15) is 6.42 Å². The van der Waals surface area contributed by atoms with Gasteiger partial charge < -0.3 is 24.6 Å². The van der Waals surface area contributed by atoms with Gasteiger partial charge in [0, 0.05) is 60.6 Å². The molecule has 3 aliphatic rings. The van der Waals surface area contributed by atoms with Crippen molar-refractivity contribution in [3.05, 3.63) is 54.9 Å². The van der Waals surface area contributed by atoms with E-state index in [9.17, 15) is 18.3 Å². The molecule has 7 rings (SSSR count). The monoisotopic (exact) mass is 468 g/mol. The molecule has 174 valence electrons. The fraction of sp³-hybridized carbons (Fsp3) is 0.261. The minimum absolute atomic E-state index is 0.0359. The van der Waals surface area contributed by atoms with Crippen LogP contribution in [0.4, 0.5) is 24.7 Å². The molecule has 0 saturated carbocycles. The van der Waals surface area contributed by atoms with E-state index < -0.39 is 18.2 Å². The number of H-pyrrole nitrogens is 1. The van der Waals surface area contributed by atoms with E-state index in [0.717, 1.165) is 46.7 Å². The summed E-state index contributed by atoms with van der Waals surface area (Å²) in [5, 5.41) is 11.2. The first-order chi connectivity index (χ1) is 16.5. The second-order valence-electron chi connectivity index (χ2n) is 8.37. The van der Waals surface area contributed by atoms with Crippen LogP contribution < -0.4 is 14.5 Å². The molecule has 6 heterocycles. The maximum absolute atomic E-state index is 14.3. The second kappa shape index (κ2) is 7.79. The Bertz CT molecular complexity index is 1350. The summed E-state index contributed by atoms with van der Waals surface area (Å²) in [6.07, 6.45) is 6.00. The Morgan fingerprint density at radius 1 is 1.09 bits per heavy atom. The Hall–Kier alpha value is -4.02. The van der Waals surface area contributed by atoms with Crippen LogP contribution >= 0.6 is 0 Å². The quantitative estimate of drug-likeness (QED) is 0.459. The van der Waals surface area contributed by atoms with Crippen molar-refractivity contribution in [3.8, 4) is 22.8 Å². The number of piperidine rings is 1. The van der Waals surface area contributed by atoms with Crippen molar-refractivity contribution in [1.29, 1.82) is 0 Å². The first-order valence-electron chi connectivity index (χ1n) is 10.7. The lowest BCUT2D eigenvalue weighted by Gasteiger charge is -2.57. The zero-order valence-electron chi connectivity index (χ0n) is 17.7. The first-order valence-corrected chi connectivity index (χ1v) is 10.7. The maximum Gasteiger partial charge on any atom is 0.387 e. The topological polar surface area (TPSA) is 90.4 Å². The zero-order valence-corrected chi connectivity index (χ0v) is 17.7. The summed E-state index contributed by atoms with van der Waals surface area (Å²) in [4.78, 5) is 20.4. The summed E-state index contributed by atoms with van der Waals surface area (Å²) < 4.78 is 43.3. The average Bonchev–Trinajstić information content (AvgIpc) is 3.31. The van der Waals surface area contributed by atoms with Crippen molar-refractivity contribution in [2.45, 2.75) is 25.1 Å². The van der Waals surface area contributed by atoms with E-state index in [0.29, 0.717) is 13.1 Å². The van der Waals surface area contributed by atoms with Crippen LogP contribution in [0.3, 0.4) is 0 Å². The van der Waals surface area contributed by atoms with Crippen LogP contribution in [0.25, 0.3) is 22.3 Å². The molecule has 3 aliphatic heterocycles. The van der Waals surface area contributed by atoms with Gasteiger partial charge in [-0.25, -0.2) is 19.3 Å². The molecule has 0 radical (unpaired) electrons. The van der Waals surface area contributed by atoms with E-state index in [2.05, 4.69) is 29.6 Å². The van der Waals surface area contributed by atoms with Crippen LogP contribution in [-0.4, -0.2) is 56.8 Å². The van der Waals surface area contributed by atoms with Gasteiger partial charge in [-0.2, -0.15) is 8.78 Å². The molecular weight excluding hydrogens is 449 g/mol. The SMILES string of the molecule is Oc1cc(OC(F)F)c(F)cc1N1C2CC1CN(c1ccc(-c3ncnc4[nH]ccc34)cn1)C2. The Labute approximate surface area is 191 Å². The number of phenols is 1. The third kappa shape index (κ3) is 3.35. The summed E-state index contributed by atoms with van der Waals surface area (Å²) in [5.41, 5.74) is 2.72. The Morgan fingerprint density at radius 3 is 2.65 bits per heavy atom. The number of piperazine rings is 1. The molecule has 2 N–H and O–H groups in total. The lowest BCUT2D eigenvalue weighted by molar-refractivity contribution is -0.0522. The van der Waals surface area contributed by atoms with Crippen molar-refractivity contribution >= 4 is 22.5 Å². The van der Waals surface area contributed by atoms with E-state index in [-0.39, 0.29) is 23.5 Å². The average molecular weight is 468 g/mol. The van der Waals surface area contributed by atoms with Crippen molar-refractivity contribution in [2.75, 3.05) is 22.9 Å². The highest BCUT2D eigenvalue weighted by molar-refractivity contribution is 5.90. The van der Waals surface area contributed by atoms with Gasteiger partial charge in [-0.15, -0.1) is 0 Å². The number of benzene rings is 1. The molecule has 1 aromatic carbocycles. The number of hydrogen-bond acceptors (Lipinski definition) is 7. The number of aromatic nitrogens is 4. The number of alkyl halides is 2. The zero-order chi connectivity index (χ0) is 23.4. The number of halogens is 3. The summed E-state index contributed by atoms with van der Waals surface area (Å²) in [6.45, 7) is -1.90. The largest absolute Gasteiger partial charge is 0.506 e. The van der Waals surface area contributed by atoms with Gasteiger partial charge in [-0.1, -0.05) is 0 Å². The smallest absolute Gasteiger partial charge is 0.387 e. The number of anilines is 2. The highest BCUT2D eigenvalue weighted by Crippen LogP contribution is 2.44. The number of pyridine rings is 1. The number of aromatic hydroxyl groups is 1. The molecule has 4 aromatic rings. The van der Waals surface area contributed by atoms with E-state index in [1.807, 2.05) is 29.3 Å². The van der Waals surface area contributed by atoms with Gasteiger partial charge >= 0.3 is 6.61 Å². The maximum atomic E-state index is 14.3. The number of aromatic amines is 1. The lowest BCUT2D eigenvalue weighted by atomic mass is 9.86. The number of fused-ring (bicyclic) bond motifs is 3. The fourth-order valence-electron chi connectivity index (χ4n) is 4.93. The van der Waals surface area contributed by atoms with Gasteiger partial charge in [0.05, 0.1) is 11.4 Å². The van der Waals surface area contributed by atoms with E-state index in [1.54, 1.807) is 6.20 Å². The third-order valence-electron chi connectivity index (χ3n) is 6.42. The summed E-state index contributed by atoms with van der Waals surface area (Å²) in [5.74, 6) is -1.08. The lowest BCUT2D eigenvalue weighted by Crippen LogP contribution is -2.69. The van der Waals surface area contributed by atoms with Crippen LogP contribution in [0, 0.1) is 5.82 Å². The molecule has 0 spiro atoms. The van der Waals surface area contributed by atoms with Crippen LogP contribution in [0.5, 0.6) is 11.5 Å². The molecule has 0 aliphatic carbocycles. The van der Waals surface area contributed by atoms with Gasteiger partial charge in [-0.3, -0.25) is 0 Å². The molecule has 8 nitrogen and oxygen atoms in total. The van der Waals surface area contributed by atoms with Gasteiger partial charge in [0.15, 0.2) is 11.6 Å². The highest BCUT2D eigenvalue weighted by Gasteiger charge is 2.46. The van der Waals surface area contributed by atoms with Gasteiger partial charge in [-0.05, 0) is 24.6 Å². The van der Waals surface area contributed by atoms with Crippen LogP contribution in [0.15, 0.2) is 49.1 Å². The third-order valence-corrected chi connectivity index (χ3v) is 6.42. The number of ether oxygens (including phenoxy) is 1. The highest BCUT2D eigenvalue weighted by atomic mass is 19.3. The minimum Gasteiger partial charge on any atom is -0.506 e. The molecule has 3 fully saturated rings. The van der Waals surface area contributed by atoms with Crippen LogP contribution in [0.2, 0.25) is 0 Å². The van der Waals surface area contributed by atoms with Gasteiger partial charge in [0.25, 0.3) is 0 Å². The summed E-state index contributed by atoms with van der Waals surface area (Å²) in [7, 11) is 0. The molecule has 3 saturated heterocycles. The molecule has 2 atom stereocenters. The number of rotatable bonds is 5. The fourth-order valence-corrected chi connectivity index (χ4v) is 4.93. The molecule has 2 bridgehead atoms. The van der Waals surface area contributed by atoms with E-state index >= 15 is 0 Å². The number of nitrogens with zero attached hydrogens (tertiary/aromatic N) is 5. The predicted octanol–water partition coefficient (Wildman–Crippen LogP) is 3.93. The predicted molar refractivity (Wildman–Crippen MR) is 119 cm³/mol. The molecule has 3 aromatic heterocycles. The molecule has 2 unspecified atom stereocenters. The molecule has 0 amide bonds. The van der Waals surface area contributed by atoms with Gasteiger partial charge in [0.1, 0.15) is 23.5 Å². The van der Waals surface area contributed by atoms with E-state index in [1.165, 1.54) is 6.33 Å². The second-order valence-corrected chi connectivity index (χ2v) is 8.37. The first kappa shape index (κ1) is 20.6. The normalized spacial score (nSPS) is 19.5. The van der Waals surface area contributed by atoms with Crippen molar-refractivity contribution in [1.82, 2.24) is 19.9 Å². The van der Waals surface area contributed by atoms with Crippen molar-refractivity contribution in [3.63, 3.8) is 0 Å². The molecular formula is C23H19F3N6O2. The summed E-state index contributed by atoms with van der Waals surface area (Å²) >= 11 is 0. The van der Waals surface area contributed by atoms with Crippen molar-refractivity contribution < 1.29 is 23.0 Å². The van der Waals surface area contributed by atoms with Crippen LogP contribution in [-0.2, 0) is 0 Å². The number of nitrogens with one attached hydrogen (secondary N) is 1. The molecule has 11 heteroatoms. The van der Waals surface area contributed by atoms with Gasteiger partial charge in [0.2, 0.25) is 0 Å². The Kier molecular flexibility index (Phi) is 4.71. The van der Waals surface area contributed by atoms with Crippen molar-refractivity contribution in [2.24, 2.45) is 0 Å². The Balaban J connectivity index is 1.19. The van der Waals surface area contributed by atoms with E-state index in [4.69, 9.17) is 0 Å². The number of hydrogen-bond donors (Lipinski definition) is 2. The standard InChI is InChI=1S/C23H19F3N6O2/c24-16-6-17(18(33)7-19(16)34-23(25)26)32-13-5-14(32)10-31(9-13)20-2-1-12(8-28-20)21-15-3-4-27-22(15)30-11-29-21/h1-4,6-8,11,13-14,23,33H,5,9-10H2,(H,27,29,30). The number of phenolic OH excluding ortho intramolecular Hbond substituents is 1. The summed E-state index contributed by atoms with van der Waals surface area (Å²) in [6, 6.07) is 7.87. The Morgan fingerprint density at radius 2 is 1.91 bits per heavy atom. The minimum atomic E-state index is -3.17.